The van der Waals surface area contributed by atoms with Gasteiger partial charge in [-0.15, -0.1) is 0 Å². The zero-order valence-corrected chi connectivity index (χ0v) is 43.1. The van der Waals surface area contributed by atoms with Gasteiger partial charge >= 0.3 is 5.97 Å². The lowest BCUT2D eigenvalue weighted by molar-refractivity contribution is -0.870. The van der Waals surface area contributed by atoms with Crippen molar-refractivity contribution in [3.63, 3.8) is 0 Å². The number of nitrogens with zero attached hydrogens (tertiary/aromatic N) is 1. The average molecular weight is 918 g/mol. The SMILES string of the molecule is CC/C=C\C/C=C\C/C=C\C/C=C\C/C=C\CCCCCCCCCCOCC(COP(=O)([O-])OCC[N+](C)(C)C)OC(=O)CCCCCCCCC/C=C\CCCCCCCCC. The van der Waals surface area contributed by atoms with Crippen LogP contribution in [0.5, 0.6) is 0 Å². The number of carbonyl (C=O) groups is 1. The molecule has 0 aliphatic rings. The lowest BCUT2D eigenvalue weighted by Gasteiger charge is -2.28. The Morgan fingerprint density at radius 1 is 0.500 bits per heavy atom. The van der Waals surface area contributed by atoms with Crippen LogP contribution in [0.2, 0.25) is 0 Å². The molecule has 0 spiro atoms. The maximum Gasteiger partial charge on any atom is 0.306 e. The summed E-state index contributed by atoms with van der Waals surface area (Å²) in [7, 11) is 1.34. The van der Waals surface area contributed by atoms with Crippen molar-refractivity contribution in [1.29, 1.82) is 0 Å². The van der Waals surface area contributed by atoms with E-state index < -0.39 is 13.9 Å². The normalized spacial score (nSPS) is 14.2. The topological polar surface area (TPSA) is 94.1 Å². The van der Waals surface area contributed by atoms with E-state index in [2.05, 4.69) is 86.8 Å². The number of likely N-dealkylation sites (N-methyl/N-ethyl adjacent to an activating group) is 1. The molecule has 2 atom stereocenters. The Kier molecular flexibility index (Phi) is 45.9. The highest BCUT2D eigenvalue weighted by Crippen LogP contribution is 2.38. The molecule has 0 aliphatic heterocycles. The lowest BCUT2D eigenvalue weighted by Crippen LogP contribution is -2.37. The molecule has 0 radical (unpaired) electrons. The smallest absolute Gasteiger partial charge is 0.306 e. The molecule has 0 aromatic carbocycles. The van der Waals surface area contributed by atoms with E-state index >= 15 is 0 Å². The first-order valence-corrected chi connectivity index (χ1v) is 27.6. The molecule has 0 amide bonds. The molecule has 0 aliphatic carbocycles. The Hall–Kier alpha value is -2.06. The molecule has 0 aromatic rings. The molecular weight excluding hydrogens is 818 g/mol. The Morgan fingerprint density at radius 2 is 0.906 bits per heavy atom. The summed E-state index contributed by atoms with van der Waals surface area (Å²) in [6.07, 6.45) is 62.1. The molecule has 0 rings (SSSR count). The van der Waals surface area contributed by atoms with Crippen molar-refractivity contribution in [3.05, 3.63) is 72.9 Å². The molecule has 0 saturated heterocycles. The van der Waals surface area contributed by atoms with Crippen LogP contribution in [0, 0.1) is 0 Å². The van der Waals surface area contributed by atoms with Gasteiger partial charge in [-0.25, -0.2) is 0 Å². The molecule has 0 bridgehead atoms. The molecule has 64 heavy (non-hydrogen) atoms. The summed E-state index contributed by atoms with van der Waals surface area (Å²) in [5, 5.41) is 0. The summed E-state index contributed by atoms with van der Waals surface area (Å²) in [5.74, 6) is -0.343. The first kappa shape index (κ1) is 61.9. The molecule has 0 heterocycles. The standard InChI is InChI=1S/C55H100NO7P/c1-6-8-10-12-14-16-18-20-22-24-26-27-28-29-30-31-33-35-37-39-41-43-45-47-50-60-52-54(53-62-64(58,59)61-51-49-56(3,4)5)63-55(57)48-46-44-42-40-38-36-34-32-25-23-21-19-17-15-13-11-9-7-2/h8,10,14,16,20,22-23,25-27,29-30,54H,6-7,9,11-13,15,17-19,21,24,28,31-53H2,1-5H3/b10-8-,16-14-,22-20-,25-23-,27-26-,30-29-. The average Bonchev–Trinajstić information content (AvgIpc) is 3.25. The highest BCUT2D eigenvalue weighted by Gasteiger charge is 2.20. The minimum Gasteiger partial charge on any atom is -0.756 e. The zero-order valence-electron chi connectivity index (χ0n) is 42.2. The van der Waals surface area contributed by atoms with Crippen LogP contribution in [-0.4, -0.2) is 70.7 Å². The molecule has 0 fully saturated rings. The van der Waals surface area contributed by atoms with E-state index in [1.165, 1.54) is 122 Å². The van der Waals surface area contributed by atoms with Gasteiger partial charge in [-0.1, -0.05) is 196 Å². The van der Waals surface area contributed by atoms with Crippen molar-refractivity contribution in [2.45, 2.75) is 219 Å². The summed E-state index contributed by atoms with van der Waals surface area (Å²) in [4.78, 5) is 25.2. The number of hydrogen-bond donors (Lipinski definition) is 0. The highest BCUT2D eigenvalue weighted by molar-refractivity contribution is 7.45. The van der Waals surface area contributed by atoms with Gasteiger partial charge in [-0.2, -0.15) is 0 Å². The predicted molar refractivity (Wildman–Crippen MR) is 272 cm³/mol. The maximum atomic E-state index is 12.7. The third-order valence-corrected chi connectivity index (χ3v) is 12.0. The third-order valence-electron chi connectivity index (χ3n) is 11.0. The maximum absolute atomic E-state index is 12.7. The van der Waals surface area contributed by atoms with Crippen LogP contribution in [0.4, 0.5) is 0 Å². The fourth-order valence-corrected chi connectivity index (χ4v) is 7.71. The van der Waals surface area contributed by atoms with Gasteiger partial charge in [0, 0.05) is 13.0 Å². The Morgan fingerprint density at radius 3 is 1.38 bits per heavy atom. The summed E-state index contributed by atoms with van der Waals surface area (Å²) < 4.78 is 34.8. The fourth-order valence-electron chi connectivity index (χ4n) is 6.98. The highest BCUT2D eigenvalue weighted by atomic mass is 31.2. The first-order chi connectivity index (χ1) is 31.1. The van der Waals surface area contributed by atoms with E-state index in [1.807, 2.05) is 21.1 Å². The Labute approximate surface area is 395 Å². The zero-order chi connectivity index (χ0) is 46.9. The van der Waals surface area contributed by atoms with Crippen molar-refractivity contribution in [2.75, 3.05) is 54.1 Å². The molecule has 9 heteroatoms. The van der Waals surface area contributed by atoms with Crippen molar-refractivity contribution >= 4 is 13.8 Å². The number of allylic oxidation sites excluding steroid dienone is 12. The van der Waals surface area contributed by atoms with Crippen LogP contribution in [0.1, 0.15) is 213 Å². The third kappa shape index (κ3) is 50.9. The van der Waals surface area contributed by atoms with Crippen molar-refractivity contribution in [3.8, 4) is 0 Å². The molecule has 372 valence electrons. The largest absolute Gasteiger partial charge is 0.756 e. The molecule has 2 unspecified atom stereocenters. The Bertz CT molecular complexity index is 1250. The number of carbonyl (C=O) groups excluding carboxylic acids is 1. The fraction of sp³-hybridized carbons (Fsp3) is 0.764. The van der Waals surface area contributed by atoms with E-state index in [9.17, 15) is 14.3 Å². The number of esters is 1. The molecular formula is C55H100NO7P. The minimum atomic E-state index is -4.54. The molecule has 0 saturated carbocycles. The predicted octanol–water partition coefficient (Wildman–Crippen LogP) is 15.6. The number of unbranched alkanes of at least 4 members (excludes halogenated alkanes) is 22. The second-order valence-corrected chi connectivity index (χ2v) is 19.9. The molecule has 8 nitrogen and oxygen atoms in total. The number of ether oxygens (including phenoxy) is 2. The van der Waals surface area contributed by atoms with Gasteiger partial charge in [-0.05, 0) is 83.5 Å². The first-order valence-electron chi connectivity index (χ1n) is 26.2. The van der Waals surface area contributed by atoms with Crippen molar-refractivity contribution < 1.29 is 37.3 Å². The van der Waals surface area contributed by atoms with Gasteiger partial charge in [0.05, 0.1) is 34.4 Å². The van der Waals surface area contributed by atoms with Crippen LogP contribution in [0.25, 0.3) is 0 Å². The number of phosphoric acid groups is 1. The summed E-state index contributed by atoms with van der Waals surface area (Å²) in [5.41, 5.74) is 0. The van der Waals surface area contributed by atoms with Gasteiger partial charge in [0.15, 0.2) is 0 Å². The van der Waals surface area contributed by atoms with E-state index in [1.54, 1.807) is 0 Å². The van der Waals surface area contributed by atoms with Crippen LogP contribution in [0.15, 0.2) is 72.9 Å². The number of rotatable bonds is 48. The van der Waals surface area contributed by atoms with Crippen LogP contribution >= 0.6 is 7.82 Å². The summed E-state index contributed by atoms with van der Waals surface area (Å²) >= 11 is 0. The van der Waals surface area contributed by atoms with E-state index in [0.717, 1.165) is 70.6 Å². The van der Waals surface area contributed by atoms with E-state index in [-0.39, 0.29) is 25.8 Å². The lowest BCUT2D eigenvalue weighted by atomic mass is 10.1. The second-order valence-electron chi connectivity index (χ2n) is 18.5. The van der Waals surface area contributed by atoms with Gasteiger partial charge in [0.25, 0.3) is 7.82 Å². The van der Waals surface area contributed by atoms with Gasteiger partial charge in [-0.3, -0.25) is 9.36 Å². The second kappa shape index (κ2) is 47.4. The number of hydrogen-bond acceptors (Lipinski definition) is 7. The van der Waals surface area contributed by atoms with Crippen LogP contribution in [-0.2, 0) is 27.9 Å². The summed E-state index contributed by atoms with van der Waals surface area (Å²) in [6.45, 7) is 5.28. The van der Waals surface area contributed by atoms with Gasteiger partial charge in [0.2, 0.25) is 0 Å². The van der Waals surface area contributed by atoms with Crippen molar-refractivity contribution in [1.82, 2.24) is 0 Å². The van der Waals surface area contributed by atoms with Crippen LogP contribution in [0.3, 0.4) is 0 Å². The molecule has 0 N–H and O–H groups in total. The van der Waals surface area contributed by atoms with Crippen LogP contribution < -0.4 is 4.89 Å². The van der Waals surface area contributed by atoms with Crippen molar-refractivity contribution in [2.24, 2.45) is 0 Å². The Balaban J connectivity index is 4.17. The quantitative estimate of drug-likeness (QED) is 0.0197. The minimum absolute atomic E-state index is 0.0206. The van der Waals surface area contributed by atoms with E-state index in [4.69, 9.17) is 18.5 Å². The number of quaternary nitrogens is 1. The summed E-state index contributed by atoms with van der Waals surface area (Å²) in [6, 6.07) is 0. The monoisotopic (exact) mass is 918 g/mol. The number of phosphoric ester groups is 1. The van der Waals surface area contributed by atoms with E-state index in [0.29, 0.717) is 24.1 Å². The van der Waals surface area contributed by atoms with Gasteiger partial charge < -0.3 is 27.9 Å². The molecule has 0 aromatic heterocycles. The van der Waals surface area contributed by atoms with Gasteiger partial charge in [0.1, 0.15) is 19.3 Å².